The summed E-state index contributed by atoms with van der Waals surface area (Å²) in [4.78, 5) is 3.66. The first kappa shape index (κ1) is 21.8. The highest BCUT2D eigenvalue weighted by atomic mass is 32.2. The van der Waals surface area contributed by atoms with Gasteiger partial charge in [-0.3, -0.25) is 4.72 Å². The SMILES string of the molecule is CCOc1ccc(NS(=O)(=O)c2ccc3c(c2)C2C=CCC2C(c2c[nH]c4ccccc24)N3)cc1. The van der Waals surface area contributed by atoms with Crippen LogP contribution in [0.4, 0.5) is 11.4 Å². The van der Waals surface area contributed by atoms with E-state index in [-0.39, 0.29) is 16.9 Å². The average molecular weight is 486 g/mol. The summed E-state index contributed by atoms with van der Waals surface area (Å²) in [5.41, 5.74) is 4.88. The van der Waals surface area contributed by atoms with Crippen molar-refractivity contribution in [3.8, 4) is 5.75 Å². The Kier molecular flexibility index (Phi) is 5.29. The van der Waals surface area contributed by atoms with E-state index in [4.69, 9.17) is 4.74 Å². The van der Waals surface area contributed by atoms with Gasteiger partial charge >= 0.3 is 0 Å². The quantitative estimate of drug-likeness (QED) is 0.284. The molecule has 3 N–H and O–H groups in total. The third kappa shape index (κ3) is 3.86. The summed E-state index contributed by atoms with van der Waals surface area (Å²) in [6.07, 6.45) is 7.49. The van der Waals surface area contributed by atoms with Crippen LogP contribution in [0.1, 0.15) is 36.4 Å². The number of nitrogens with one attached hydrogen (secondary N) is 3. The van der Waals surface area contributed by atoms with Crippen molar-refractivity contribution in [3.05, 3.63) is 96.2 Å². The van der Waals surface area contributed by atoms with Crippen LogP contribution in [0.15, 0.2) is 90.0 Å². The van der Waals surface area contributed by atoms with Crippen LogP contribution in [-0.4, -0.2) is 20.0 Å². The van der Waals surface area contributed by atoms with Gasteiger partial charge in [0, 0.05) is 34.4 Å². The van der Waals surface area contributed by atoms with Crippen LogP contribution in [0.2, 0.25) is 0 Å². The van der Waals surface area contributed by atoms with Gasteiger partial charge < -0.3 is 15.0 Å². The molecule has 1 aliphatic heterocycles. The fraction of sp³-hybridized carbons (Fsp3) is 0.214. The molecular weight excluding hydrogens is 458 g/mol. The minimum absolute atomic E-state index is 0.142. The minimum Gasteiger partial charge on any atom is -0.494 e. The van der Waals surface area contributed by atoms with Gasteiger partial charge in [0.25, 0.3) is 10.0 Å². The van der Waals surface area contributed by atoms with E-state index in [0.29, 0.717) is 24.0 Å². The van der Waals surface area contributed by atoms with Crippen LogP contribution in [-0.2, 0) is 10.0 Å². The predicted molar refractivity (Wildman–Crippen MR) is 140 cm³/mol. The van der Waals surface area contributed by atoms with Crippen LogP contribution < -0.4 is 14.8 Å². The van der Waals surface area contributed by atoms with Gasteiger partial charge in [0.2, 0.25) is 0 Å². The molecular formula is C28H27N3O3S. The highest BCUT2D eigenvalue weighted by Crippen LogP contribution is 2.51. The minimum atomic E-state index is -3.73. The summed E-state index contributed by atoms with van der Waals surface area (Å²) < 4.78 is 34.5. The van der Waals surface area contributed by atoms with Crippen molar-refractivity contribution in [2.45, 2.75) is 30.2 Å². The largest absolute Gasteiger partial charge is 0.494 e. The Morgan fingerprint density at radius 3 is 2.69 bits per heavy atom. The van der Waals surface area contributed by atoms with Crippen molar-refractivity contribution < 1.29 is 13.2 Å². The summed E-state index contributed by atoms with van der Waals surface area (Å²) in [6.45, 7) is 2.47. The Morgan fingerprint density at radius 1 is 1.03 bits per heavy atom. The molecule has 0 fully saturated rings. The van der Waals surface area contributed by atoms with Gasteiger partial charge in [0.05, 0.1) is 17.5 Å². The number of rotatable bonds is 6. The van der Waals surface area contributed by atoms with Crippen LogP contribution in [0, 0.1) is 5.92 Å². The van der Waals surface area contributed by atoms with Gasteiger partial charge in [-0.15, -0.1) is 0 Å². The van der Waals surface area contributed by atoms with Gasteiger partial charge in [-0.05, 0) is 78.9 Å². The average Bonchev–Trinajstić information content (AvgIpc) is 3.52. The first-order valence-corrected chi connectivity index (χ1v) is 13.4. The van der Waals surface area contributed by atoms with E-state index in [1.165, 1.54) is 10.9 Å². The molecule has 3 atom stereocenters. The number of aromatic nitrogens is 1. The van der Waals surface area contributed by atoms with Crippen molar-refractivity contribution in [2.75, 3.05) is 16.6 Å². The number of para-hydroxylation sites is 1. The molecule has 4 aromatic rings. The number of ether oxygens (including phenoxy) is 1. The summed E-state index contributed by atoms with van der Waals surface area (Å²) in [7, 11) is -3.73. The zero-order chi connectivity index (χ0) is 24.0. The second kappa shape index (κ2) is 8.50. The molecule has 0 amide bonds. The molecule has 7 heteroatoms. The summed E-state index contributed by atoms with van der Waals surface area (Å²) in [6, 6.07) is 20.8. The second-order valence-electron chi connectivity index (χ2n) is 9.08. The fourth-order valence-corrected chi connectivity index (χ4v) is 6.49. The van der Waals surface area contributed by atoms with E-state index in [1.54, 1.807) is 30.3 Å². The van der Waals surface area contributed by atoms with E-state index in [2.05, 4.69) is 51.6 Å². The maximum atomic E-state index is 13.2. The molecule has 2 heterocycles. The monoisotopic (exact) mass is 485 g/mol. The summed E-state index contributed by atoms with van der Waals surface area (Å²) in [5.74, 6) is 1.18. The normalized spacial score (nSPS) is 20.8. The van der Waals surface area contributed by atoms with E-state index >= 15 is 0 Å². The van der Waals surface area contributed by atoms with Crippen molar-refractivity contribution in [2.24, 2.45) is 5.92 Å². The van der Waals surface area contributed by atoms with E-state index in [9.17, 15) is 8.42 Å². The van der Waals surface area contributed by atoms with E-state index < -0.39 is 10.0 Å². The van der Waals surface area contributed by atoms with Crippen molar-refractivity contribution in [3.63, 3.8) is 0 Å². The third-order valence-corrected chi connectivity index (χ3v) is 8.40. The molecule has 35 heavy (non-hydrogen) atoms. The first-order valence-electron chi connectivity index (χ1n) is 11.9. The van der Waals surface area contributed by atoms with Gasteiger partial charge in [-0.25, -0.2) is 8.42 Å². The molecule has 0 radical (unpaired) electrons. The van der Waals surface area contributed by atoms with E-state index in [0.717, 1.165) is 23.2 Å². The lowest BCUT2D eigenvalue weighted by Crippen LogP contribution is -2.29. The van der Waals surface area contributed by atoms with E-state index in [1.807, 2.05) is 25.1 Å². The number of sulfonamides is 1. The number of hydrogen-bond acceptors (Lipinski definition) is 4. The van der Waals surface area contributed by atoms with Crippen LogP contribution in [0.25, 0.3) is 10.9 Å². The Morgan fingerprint density at radius 2 is 1.86 bits per heavy atom. The number of benzene rings is 3. The zero-order valence-corrected chi connectivity index (χ0v) is 20.2. The molecule has 0 bridgehead atoms. The molecule has 0 spiro atoms. The maximum Gasteiger partial charge on any atom is 0.261 e. The Hall–Kier alpha value is -3.71. The number of fused-ring (bicyclic) bond motifs is 4. The number of allylic oxidation sites excluding steroid dienone is 2. The van der Waals surface area contributed by atoms with Gasteiger partial charge in [0.1, 0.15) is 5.75 Å². The molecule has 178 valence electrons. The Bertz CT molecular complexity index is 1520. The number of anilines is 2. The molecule has 0 saturated carbocycles. The van der Waals surface area contributed by atoms with Crippen LogP contribution in [0.3, 0.4) is 0 Å². The highest BCUT2D eigenvalue weighted by molar-refractivity contribution is 7.92. The molecule has 0 saturated heterocycles. The lowest BCUT2D eigenvalue weighted by atomic mass is 9.77. The van der Waals surface area contributed by atoms with Crippen molar-refractivity contribution >= 4 is 32.3 Å². The molecule has 3 unspecified atom stereocenters. The van der Waals surface area contributed by atoms with Gasteiger partial charge in [0.15, 0.2) is 0 Å². The molecule has 2 aliphatic rings. The molecule has 1 aromatic heterocycles. The van der Waals surface area contributed by atoms with Crippen LogP contribution >= 0.6 is 0 Å². The molecule has 6 rings (SSSR count). The lowest BCUT2D eigenvalue weighted by molar-refractivity contribution is 0.340. The fourth-order valence-electron chi connectivity index (χ4n) is 5.40. The maximum absolute atomic E-state index is 13.2. The molecule has 6 nitrogen and oxygen atoms in total. The first-order chi connectivity index (χ1) is 17.0. The van der Waals surface area contributed by atoms with Gasteiger partial charge in [-0.1, -0.05) is 30.4 Å². The predicted octanol–water partition coefficient (Wildman–Crippen LogP) is 6.19. The Labute approximate surface area is 205 Å². The summed E-state index contributed by atoms with van der Waals surface area (Å²) in [5, 5.41) is 4.94. The number of H-pyrrole nitrogens is 1. The van der Waals surface area contributed by atoms with Gasteiger partial charge in [-0.2, -0.15) is 0 Å². The molecule has 1 aliphatic carbocycles. The number of aromatic amines is 1. The second-order valence-corrected chi connectivity index (χ2v) is 10.8. The topological polar surface area (TPSA) is 83.2 Å². The highest BCUT2D eigenvalue weighted by Gasteiger charge is 2.39. The Balaban J connectivity index is 1.31. The lowest BCUT2D eigenvalue weighted by Gasteiger charge is -2.37. The van der Waals surface area contributed by atoms with Crippen molar-refractivity contribution in [1.82, 2.24) is 4.98 Å². The molecule has 3 aromatic carbocycles. The smallest absolute Gasteiger partial charge is 0.261 e. The summed E-state index contributed by atoms with van der Waals surface area (Å²) >= 11 is 0. The standard InChI is InChI=1S/C28H27N3O3S/c1-2-34-19-12-10-18(11-13-19)31-35(32,33)20-14-15-27-24(16-20)21-7-5-8-23(21)28(30-27)25-17-29-26-9-4-3-6-22(25)26/h3-7,9-17,21,23,28-31H,2,8H2,1H3. The number of hydrogen-bond donors (Lipinski definition) is 3. The zero-order valence-electron chi connectivity index (χ0n) is 19.4. The third-order valence-electron chi connectivity index (χ3n) is 7.02. The van der Waals surface area contributed by atoms with Crippen LogP contribution in [0.5, 0.6) is 5.75 Å². The van der Waals surface area contributed by atoms with Crippen molar-refractivity contribution in [1.29, 1.82) is 0 Å².